The van der Waals surface area contributed by atoms with Crippen LogP contribution < -0.4 is 16.6 Å². The number of rotatable bonds is 2. The molecule has 56 heavy (non-hydrogen) atoms. The number of nitrogens with zero attached hydrogens (tertiary/aromatic N) is 6. The van der Waals surface area contributed by atoms with E-state index in [0.29, 0.717) is 40.4 Å². The summed E-state index contributed by atoms with van der Waals surface area (Å²) in [6, 6.07) is 3.83. The summed E-state index contributed by atoms with van der Waals surface area (Å²) in [5, 5.41) is 4.36. The average Bonchev–Trinajstić information content (AvgIpc) is 3.92. The summed E-state index contributed by atoms with van der Waals surface area (Å²) in [7, 11) is 3.48. The molecule has 16 nitrogen and oxygen atoms in total. The number of esters is 1. The zero-order chi connectivity index (χ0) is 40.2. The Morgan fingerprint density at radius 1 is 0.839 bits per heavy atom. The number of nitrogens with two attached hydrogens (primary N) is 1. The van der Waals surface area contributed by atoms with Gasteiger partial charge in [-0.15, -0.1) is 0 Å². The number of nitrogens with one attached hydrogen (secondary N) is 1. The standard InChI is InChI=1S/C19H20N4O3.C12H14N2O3.C9H14N2O2/c1-9-7-10(2)20-17-14(9)15-16(26-17)19(25)23-12-6-4-5-11(12)18(24)22(3)8-13(23)21-15;1-4-16-12(15)10-9(13)8-6(2)5-7(3)14-11(8)17-10;1-11-5-8(12)10-7-4-2-3-6(7)9(11)13/h7,11-12H,4-6,8H2,1-3H3;5H,4,13H2,1-3H3;6-7H,2-5H2,1H3,(H,10,12)/t11-,12+;;6-,7+/m0.0/s1. The van der Waals surface area contributed by atoms with E-state index in [-0.39, 0.29) is 71.7 Å². The number of hydrogen-bond acceptors (Lipinski definition) is 12. The molecule has 5 aromatic heterocycles. The maximum atomic E-state index is 13.3. The van der Waals surface area contributed by atoms with Crippen LogP contribution in [0.25, 0.3) is 33.3 Å². The van der Waals surface area contributed by atoms with Gasteiger partial charge < -0.3 is 34.4 Å². The SMILES string of the molecule is CCOC(=O)c1oc2nc(C)cc(C)c2c1N.CN1CC(=O)N[C@@H]2CCC[C@@H]2C1=O.Cc1cc(C)c2c(n1)oc1c(=O)n3c(nc12)CN(C)C(=O)[C@H]1CCC[C@H]13. The van der Waals surface area contributed by atoms with Gasteiger partial charge in [0.25, 0.3) is 5.56 Å². The molecule has 2 saturated carbocycles. The molecule has 4 aliphatic rings. The number of fused-ring (bicyclic) bond motifs is 8. The molecule has 0 aromatic carbocycles. The van der Waals surface area contributed by atoms with Crippen molar-refractivity contribution >= 4 is 62.7 Å². The summed E-state index contributed by atoms with van der Waals surface area (Å²) in [5.41, 5.74) is 11.2. The highest BCUT2D eigenvalue weighted by molar-refractivity contribution is 6.04. The van der Waals surface area contributed by atoms with Gasteiger partial charge in [0.1, 0.15) is 11.3 Å². The number of amides is 3. The van der Waals surface area contributed by atoms with Crippen LogP contribution in [0.2, 0.25) is 0 Å². The summed E-state index contributed by atoms with van der Waals surface area (Å²) < 4.78 is 17.8. The molecule has 3 amide bonds. The van der Waals surface area contributed by atoms with Gasteiger partial charge in [0.05, 0.1) is 54.0 Å². The van der Waals surface area contributed by atoms with Crippen LogP contribution in [0.4, 0.5) is 5.69 Å². The molecule has 1 saturated heterocycles. The van der Waals surface area contributed by atoms with Crippen molar-refractivity contribution in [3.8, 4) is 0 Å². The number of nitrogen functional groups attached to an aromatic ring is 1. The van der Waals surface area contributed by atoms with E-state index >= 15 is 0 Å². The second kappa shape index (κ2) is 15.0. The zero-order valence-corrected chi connectivity index (χ0v) is 32.9. The number of likely N-dealkylation sites (N-methyl/N-ethyl adjacent to an activating group) is 1. The number of ether oxygens (including phenoxy) is 1. The summed E-state index contributed by atoms with van der Waals surface area (Å²) in [5.74, 6) is 0.207. The highest BCUT2D eigenvalue weighted by atomic mass is 16.5. The first kappa shape index (κ1) is 38.5. The minimum Gasteiger partial charge on any atom is -0.460 e. The smallest absolute Gasteiger partial charge is 0.376 e. The van der Waals surface area contributed by atoms with Crippen LogP contribution in [0.1, 0.15) is 90.4 Å². The van der Waals surface area contributed by atoms with Crippen molar-refractivity contribution in [1.29, 1.82) is 0 Å². The Morgan fingerprint density at radius 2 is 1.45 bits per heavy atom. The first-order chi connectivity index (χ1) is 26.7. The van der Waals surface area contributed by atoms with Crippen molar-refractivity contribution in [2.24, 2.45) is 11.8 Å². The van der Waals surface area contributed by atoms with Crippen LogP contribution in [0, 0.1) is 39.5 Å². The van der Waals surface area contributed by atoms with Crippen LogP contribution in [0.3, 0.4) is 0 Å². The topological polar surface area (TPSA) is 209 Å². The molecule has 0 spiro atoms. The molecule has 7 heterocycles. The number of pyridine rings is 2. The van der Waals surface area contributed by atoms with E-state index in [2.05, 4.69) is 15.3 Å². The number of aryl methyl sites for hydroxylation is 4. The van der Waals surface area contributed by atoms with E-state index in [1.54, 1.807) is 30.5 Å². The van der Waals surface area contributed by atoms with Crippen LogP contribution >= 0.6 is 0 Å². The molecule has 9 rings (SSSR count). The predicted molar refractivity (Wildman–Crippen MR) is 207 cm³/mol. The number of furan rings is 2. The number of carbonyl (C=O) groups is 4. The van der Waals surface area contributed by atoms with Crippen LogP contribution in [0.5, 0.6) is 0 Å². The number of carbonyl (C=O) groups excluding carboxylic acids is 4. The molecule has 0 radical (unpaired) electrons. The lowest BCUT2D eigenvalue weighted by Crippen LogP contribution is -2.37. The number of hydrogen-bond donors (Lipinski definition) is 2. The summed E-state index contributed by atoms with van der Waals surface area (Å²) in [6.45, 7) is 10.2. The third-order valence-electron chi connectivity index (χ3n) is 11.2. The quantitative estimate of drug-likeness (QED) is 0.239. The van der Waals surface area contributed by atoms with E-state index in [1.807, 2.05) is 39.8 Å². The summed E-state index contributed by atoms with van der Waals surface area (Å²) >= 11 is 0. The summed E-state index contributed by atoms with van der Waals surface area (Å²) in [4.78, 5) is 77.3. The number of anilines is 1. The van der Waals surface area contributed by atoms with Gasteiger partial charge in [-0.3, -0.25) is 23.7 Å². The molecule has 0 bridgehead atoms. The Hall–Kier alpha value is -5.80. The maximum absolute atomic E-state index is 13.3. The second-order valence-corrected chi connectivity index (χ2v) is 15.3. The minimum atomic E-state index is -0.556. The Bertz CT molecular complexity index is 2470. The van der Waals surface area contributed by atoms with E-state index in [4.69, 9.17) is 24.3 Å². The van der Waals surface area contributed by atoms with Gasteiger partial charge >= 0.3 is 5.97 Å². The molecule has 2 aliphatic carbocycles. The third kappa shape index (κ3) is 6.85. The lowest BCUT2D eigenvalue weighted by atomic mass is 10.0. The average molecular weight is 769 g/mol. The van der Waals surface area contributed by atoms with Crippen molar-refractivity contribution in [3.63, 3.8) is 0 Å². The Balaban J connectivity index is 0.000000139. The molecule has 5 aromatic rings. The third-order valence-corrected chi connectivity index (χ3v) is 11.2. The fraction of sp³-hybridized carbons (Fsp3) is 0.500. The van der Waals surface area contributed by atoms with Crippen molar-refractivity contribution in [2.75, 3.05) is 33.0 Å². The monoisotopic (exact) mass is 768 g/mol. The van der Waals surface area contributed by atoms with Gasteiger partial charge in [-0.1, -0.05) is 12.8 Å². The molecule has 4 atom stereocenters. The van der Waals surface area contributed by atoms with Gasteiger partial charge in [0.2, 0.25) is 40.5 Å². The van der Waals surface area contributed by atoms with Crippen LogP contribution in [0.15, 0.2) is 25.8 Å². The molecular formula is C40H48N8O8. The van der Waals surface area contributed by atoms with Crippen molar-refractivity contribution in [2.45, 2.75) is 91.8 Å². The highest BCUT2D eigenvalue weighted by Gasteiger charge is 2.41. The lowest BCUT2D eigenvalue weighted by molar-refractivity contribution is -0.135. The minimum absolute atomic E-state index is 0.0229. The fourth-order valence-electron chi connectivity index (χ4n) is 8.72. The normalized spacial score (nSPS) is 21.7. The van der Waals surface area contributed by atoms with Crippen molar-refractivity contribution in [1.82, 2.24) is 34.6 Å². The van der Waals surface area contributed by atoms with Gasteiger partial charge in [-0.2, -0.15) is 0 Å². The molecule has 2 aliphatic heterocycles. The molecule has 3 fully saturated rings. The largest absolute Gasteiger partial charge is 0.460 e. The van der Waals surface area contributed by atoms with Gasteiger partial charge in [-0.05, 0) is 83.6 Å². The Kier molecular flexibility index (Phi) is 10.3. The van der Waals surface area contributed by atoms with Gasteiger partial charge in [-0.25, -0.2) is 19.7 Å². The van der Waals surface area contributed by atoms with E-state index < -0.39 is 5.97 Å². The first-order valence-electron chi connectivity index (χ1n) is 19.1. The Morgan fingerprint density at radius 3 is 2.14 bits per heavy atom. The number of aromatic nitrogens is 4. The molecule has 0 unspecified atom stereocenters. The molecular weight excluding hydrogens is 720 g/mol. The zero-order valence-electron chi connectivity index (χ0n) is 32.9. The van der Waals surface area contributed by atoms with E-state index in [1.165, 1.54) is 4.90 Å². The van der Waals surface area contributed by atoms with E-state index in [9.17, 15) is 24.0 Å². The Labute approximate surface area is 322 Å². The van der Waals surface area contributed by atoms with E-state index in [0.717, 1.165) is 66.4 Å². The second-order valence-electron chi connectivity index (χ2n) is 15.3. The fourth-order valence-corrected chi connectivity index (χ4v) is 8.72. The highest BCUT2D eigenvalue weighted by Crippen LogP contribution is 2.40. The van der Waals surface area contributed by atoms with Gasteiger partial charge in [0.15, 0.2) is 0 Å². The summed E-state index contributed by atoms with van der Waals surface area (Å²) in [6.07, 6.45) is 5.51. The van der Waals surface area contributed by atoms with Crippen LogP contribution in [-0.4, -0.2) is 86.3 Å². The first-order valence-corrected chi connectivity index (χ1v) is 19.1. The van der Waals surface area contributed by atoms with Gasteiger partial charge in [0, 0.05) is 31.5 Å². The molecule has 296 valence electrons. The van der Waals surface area contributed by atoms with Crippen LogP contribution in [-0.2, 0) is 25.7 Å². The molecule has 3 N–H and O–H groups in total. The lowest BCUT2D eigenvalue weighted by Gasteiger charge is -2.19. The molecule has 16 heteroatoms. The van der Waals surface area contributed by atoms with Crippen molar-refractivity contribution < 1.29 is 32.7 Å². The predicted octanol–water partition coefficient (Wildman–Crippen LogP) is 4.41. The van der Waals surface area contributed by atoms with Crippen molar-refractivity contribution in [3.05, 3.63) is 56.6 Å². The maximum Gasteiger partial charge on any atom is 0.376 e.